The Morgan fingerprint density at radius 3 is 1.84 bits per heavy atom. The molecule has 0 saturated carbocycles. The number of pyridine rings is 1. The maximum Gasteiger partial charge on any atom is 0.0799 e. The normalized spacial score (nSPS) is 10.9. The molecular formula is C31H19N. The zero-order valence-electron chi connectivity index (χ0n) is 17.4. The smallest absolute Gasteiger partial charge is 0.0799 e. The van der Waals surface area contributed by atoms with Crippen LogP contribution in [0.25, 0.3) is 43.6 Å². The average Bonchev–Trinajstić information content (AvgIpc) is 2.87. The van der Waals surface area contributed by atoms with E-state index in [1.165, 1.54) is 26.9 Å². The molecule has 0 aliphatic carbocycles. The number of rotatable bonds is 1. The Labute approximate surface area is 187 Å². The summed E-state index contributed by atoms with van der Waals surface area (Å²) in [6.45, 7) is 0. The standard InChI is InChI=1S/C31H19N/c1-4-13-27-22(8-1)11-7-12-23(27)16-18-26-19-17-24-9-2-5-14-28(24)30(26)31-29-15-6-3-10-25(29)20-21-32-31/h1-15,17,19-21H. The van der Waals surface area contributed by atoms with Gasteiger partial charge >= 0.3 is 0 Å². The lowest BCUT2D eigenvalue weighted by molar-refractivity contribution is 1.36. The van der Waals surface area contributed by atoms with Crippen molar-refractivity contribution in [3.05, 3.63) is 127 Å². The molecule has 5 aromatic carbocycles. The first-order chi connectivity index (χ1) is 15.9. The van der Waals surface area contributed by atoms with Crippen LogP contribution in [0.3, 0.4) is 0 Å². The molecule has 0 N–H and O–H groups in total. The van der Waals surface area contributed by atoms with E-state index in [2.05, 4.69) is 121 Å². The van der Waals surface area contributed by atoms with E-state index < -0.39 is 0 Å². The van der Waals surface area contributed by atoms with Crippen LogP contribution in [0, 0.1) is 11.8 Å². The first kappa shape index (κ1) is 18.4. The Balaban J connectivity index is 1.64. The van der Waals surface area contributed by atoms with Crippen LogP contribution in [0.4, 0.5) is 0 Å². The van der Waals surface area contributed by atoms with Gasteiger partial charge in [0.05, 0.1) is 5.69 Å². The van der Waals surface area contributed by atoms with Crippen molar-refractivity contribution in [2.24, 2.45) is 0 Å². The van der Waals surface area contributed by atoms with Gasteiger partial charge in [0, 0.05) is 28.3 Å². The fourth-order valence-corrected chi connectivity index (χ4v) is 4.42. The highest BCUT2D eigenvalue weighted by atomic mass is 14.7. The van der Waals surface area contributed by atoms with Crippen LogP contribution in [-0.2, 0) is 0 Å². The summed E-state index contributed by atoms with van der Waals surface area (Å²) in [5.74, 6) is 6.94. The maximum absolute atomic E-state index is 4.83. The van der Waals surface area contributed by atoms with Gasteiger partial charge in [-0.25, -0.2) is 0 Å². The zero-order valence-corrected chi connectivity index (χ0v) is 17.4. The summed E-state index contributed by atoms with van der Waals surface area (Å²) in [6, 6.07) is 37.9. The molecule has 1 aromatic heterocycles. The van der Waals surface area contributed by atoms with Gasteiger partial charge in [-0.1, -0.05) is 103 Å². The van der Waals surface area contributed by atoms with Gasteiger partial charge in [-0.3, -0.25) is 4.98 Å². The summed E-state index contributed by atoms with van der Waals surface area (Å²) in [5, 5.41) is 7.05. The van der Waals surface area contributed by atoms with E-state index in [0.717, 1.165) is 27.8 Å². The molecule has 1 heteroatoms. The lowest BCUT2D eigenvalue weighted by Gasteiger charge is -2.12. The van der Waals surface area contributed by atoms with Gasteiger partial charge in [0.25, 0.3) is 0 Å². The summed E-state index contributed by atoms with van der Waals surface area (Å²) >= 11 is 0. The number of fused-ring (bicyclic) bond motifs is 3. The van der Waals surface area contributed by atoms with Gasteiger partial charge in [0.2, 0.25) is 0 Å². The van der Waals surface area contributed by atoms with Crippen molar-refractivity contribution in [2.75, 3.05) is 0 Å². The highest BCUT2D eigenvalue weighted by molar-refractivity contribution is 6.06. The SMILES string of the molecule is C(#Cc1cccc2ccccc12)c1ccc2ccccc2c1-c1nccc2ccccc12. The van der Waals surface area contributed by atoms with E-state index in [0.29, 0.717) is 0 Å². The third-order valence-electron chi connectivity index (χ3n) is 5.96. The van der Waals surface area contributed by atoms with Crippen molar-refractivity contribution >= 4 is 32.3 Å². The second-order valence-corrected chi connectivity index (χ2v) is 7.87. The molecule has 1 heterocycles. The van der Waals surface area contributed by atoms with Crippen molar-refractivity contribution < 1.29 is 0 Å². The quantitative estimate of drug-likeness (QED) is 0.257. The van der Waals surface area contributed by atoms with Gasteiger partial charge in [-0.2, -0.15) is 0 Å². The number of hydrogen-bond acceptors (Lipinski definition) is 1. The fraction of sp³-hybridized carbons (Fsp3) is 0. The largest absolute Gasteiger partial charge is 0.256 e. The molecule has 0 unspecified atom stereocenters. The Bertz CT molecular complexity index is 1670. The maximum atomic E-state index is 4.83. The van der Waals surface area contributed by atoms with Gasteiger partial charge in [0.1, 0.15) is 0 Å². The van der Waals surface area contributed by atoms with Crippen LogP contribution < -0.4 is 0 Å². The van der Waals surface area contributed by atoms with Gasteiger partial charge < -0.3 is 0 Å². The molecule has 0 aliphatic heterocycles. The Morgan fingerprint density at radius 2 is 1.03 bits per heavy atom. The molecule has 148 valence electrons. The molecule has 0 saturated heterocycles. The lowest BCUT2D eigenvalue weighted by atomic mass is 9.93. The van der Waals surface area contributed by atoms with Crippen LogP contribution in [-0.4, -0.2) is 4.98 Å². The second kappa shape index (κ2) is 7.69. The van der Waals surface area contributed by atoms with E-state index in [-0.39, 0.29) is 0 Å². The third-order valence-corrected chi connectivity index (χ3v) is 5.96. The van der Waals surface area contributed by atoms with E-state index in [1.54, 1.807) is 0 Å². The van der Waals surface area contributed by atoms with Crippen molar-refractivity contribution in [1.82, 2.24) is 4.98 Å². The summed E-state index contributed by atoms with van der Waals surface area (Å²) in [5.41, 5.74) is 4.09. The molecule has 0 spiro atoms. The molecular weight excluding hydrogens is 386 g/mol. The Hall–Kier alpha value is -4.41. The van der Waals surface area contributed by atoms with Crippen molar-refractivity contribution in [3.63, 3.8) is 0 Å². The minimum absolute atomic E-state index is 0.974. The minimum atomic E-state index is 0.974. The fourth-order valence-electron chi connectivity index (χ4n) is 4.42. The topological polar surface area (TPSA) is 12.9 Å². The molecule has 0 aliphatic rings. The molecule has 6 aromatic rings. The van der Waals surface area contributed by atoms with Crippen LogP contribution >= 0.6 is 0 Å². The summed E-state index contributed by atoms with van der Waals surface area (Å²) < 4.78 is 0. The molecule has 0 fully saturated rings. The average molecular weight is 406 g/mol. The summed E-state index contributed by atoms with van der Waals surface area (Å²) in [4.78, 5) is 4.83. The zero-order chi connectivity index (χ0) is 21.3. The van der Waals surface area contributed by atoms with E-state index in [9.17, 15) is 0 Å². The highest BCUT2D eigenvalue weighted by Crippen LogP contribution is 2.35. The molecule has 0 amide bonds. The molecule has 0 bridgehead atoms. The van der Waals surface area contributed by atoms with Crippen molar-refractivity contribution in [3.8, 4) is 23.1 Å². The number of nitrogens with zero attached hydrogens (tertiary/aromatic N) is 1. The first-order valence-electron chi connectivity index (χ1n) is 10.7. The predicted octanol–water partition coefficient (Wildman–Crippen LogP) is 7.61. The Kier molecular flexibility index (Phi) is 4.41. The van der Waals surface area contributed by atoms with Crippen LogP contribution in [0.1, 0.15) is 11.1 Å². The molecule has 1 nitrogen and oxygen atoms in total. The molecule has 32 heavy (non-hydrogen) atoms. The minimum Gasteiger partial charge on any atom is -0.256 e. The van der Waals surface area contributed by atoms with E-state index in [1.807, 2.05) is 6.20 Å². The first-order valence-corrected chi connectivity index (χ1v) is 10.7. The van der Waals surface area contributed by atoms with Crippen LogP contribution in [0.2, 0.25) is 0 Å². The second-order valence-electron chi connectivity index (χ2n) is 7.87. The third kappa shape index (κ3) is 3.11. The molecule has 6 rings (SSSR count). The van der Waals surface area contributed by atoms with E-state index >= 15 is 0 Å². The summed E-state index contributed by atoms with van der Waals surface area (Å²) in [6.07, 6.45) is 1.89. The van der Waals surface area contributed by atoms with Crippen molar-refractivity contribution in [2.45, 2.75) is 0 Å². The van der Waals surface area contributed by atoms with Crippen LogP contribution in [0.15, 0.2) is 115 Å². The number of hydrogen-bond donors (Lipinski definition) is 0. The lowest BCUT2D eigenvalue weighted by Crippen LogP contribution is -1.92. The number of aromatic nitrogens is 1. The Morgan fingerprint density at radius 1 is 0.438 bits per heavy atom. The monoisotopic (exact) mass is 405 g/mol. The highest BCUT2D eigenvalue weighted by Gasteiger charge is 2.13. The van der Waals surface area contributed by atoms with Crippen molar-refractivity contribution in [1.29, 1.82) is 0 Å². The molecule has 0 radical (unpaired) electrons. The van der Waals surface area contributed by atoms with Gasteiger partial charge in [0.15, 0.2) is 0 Å². The number of benzene rings is 5. The van der Waals surface area contributed by atoms with Gasteiger partial charge in [-0.05, 0) is 45.1 Å². The predicted molar refractivity (Wildman–Crippen MR) is 135 cm³/mol. The van der Waals surface area contributed by atoms with Crippen LogP contribution in [0.5, 0.6) is 0 Å². The van der Waals surface area contributed by atoms with E-state index in [4.69, 9.17) is 4.98 Å². The summed E-state index contributed by atoms with van der Waals surface area (Å²) in [7, 11) is 0. The molecule has 0 atom stereocenters. The van der Waals surface area contributed by atoms with Gasteiger partial charge in [-0.15, -0.1) is 0 Å².